The van der Waals surface area contributed by atoms with Crippen LogP contribution >= 0.6 is 0 Å². The molecule has 0 spiro atoms. The van der Waals surface area contributed by atoms with E-state index >= 15 is 0 Å². The Morgan fingerprint density at radius 1 is 1.30 bits per heavy atom. The number of aliphatic hydroxyl groups is 1. The summed E-state index contributed by atoms with van der Waals surface area (Å²) in [6.07, 6.45) is -2.95. The van der Waals surface area contributed by atoms with E-state index in [9.17, 15) is 18.3 Å². The third-order valence-electron chi connectivity index (χ3n) is 3.38. The van der Waals surface area contributed by atoms with Gasteiger partial charge in [-0.05, 0) is 18.1 Å². The van der Waals surface area contributed by atoms with E-state index in [1.165, 1.54) is 4.68 Å². The second kappa shape index (κ2) is 7.56. The molecule has 0 radical (unpaired) electrons. The average Bonchev–Trinajstić information content (AvgIpc) is 2.90. The number of nitrogens with zero attached hydrogens (tertiary/aromatic N) is 3. The summed E-state index contributed by atoms with van der Waals surface area (Å²) >= 11 is 0. The summed E-state index contributed by atoms with van der Waals surface area (Å²) < 4.78 is 37.5. The number of rotatable bonds is 7. The number of hydrogen-bond acceptors (Lipinski definition) is 4. The third-order valence-corrected chi connectivity index (χ3v) is 3.38. The molecule has 1 heterocycles. The summed E-state index contributed by atoms with van der Waals surface area (Å²) in [5, 5.41) is 20.3. The zero-order valence-corrected chi connectivity index (χ0v) is 12.7. The van der Waals surface area contributed by atoms with Gasteiger partial charge in [-0.2, -0.15) is 13.2 Å². The van der Waals surface area contributed by atoms with Gasteiger partial charge in [0.2, 0.25) is 0 Å². The summed E-state index contributed by atoms with van der Waals surface area (Å²) in [5.41, 5.74) is 2.38. The van der Waals surface area contributed by atoms with Crippen LogP contribution in [0, 0.1) is 6.92 Å². The third kappa shape index (κ3) is 5.65. The Kier molecular flexibility index (Phi) is 5.73. The van der Waals surface area contributed by atoms with Crippen LogP contribution in [0.4, 0.5) is 13.2 Å². The molecule has 2 aromatic rings. The molecule has 0 saturated carbocycles. The molecule has 1 aromatic carbocycles. The fourth-order valence-corrected chi connectivity index (χ4v) is 2.23. The smallest absolute Gasteiger partial charge is 0.386 e. The maximum absolute atomic E-state index is 12.0. The van der Waals surface area contributed by atoms with E-state index in [1.807, 2.05) is 31.2 Å². The van der Waals surface area contributed by atoms with Crippen molar-refractivity contribution in [1.82, 2.24) is 20.3 Å². The molecule has 0 fully saturated rings. The number of nitrogens with one attached hydrogen (secondary N) is 1. The Bertz CT molecular complexity index is 627. The van der Waals surface area contributed by atoms with Crippen LogP contribution in [0.1, 0.15) is 22.9 Å². The van der Waals surface area contributed by atoms with Crippen molar-refractivity contribution < 1.29 is 18.3 Å². The van der Waals surface area contributed by atoms with Gasteiger partial charge < -0.3 is 10.4 Å². The SMILES string of the molecule is Cc1ccccc1C(O)Cn1cc(CCNCC(F)(F)F)nn1. The molecule has 1 unspecified atom stereocenters. The van der Waals surface area contributed by atoms with Gasteiger partial charge in [0.05, 0.1) is 24.9 Å². The lowest BCUT2D eigenvalue weighted by atomic mass is 10.0. The minimum absolute atomic E-state index is 0.165. The molecule has 8 heteroatoms. The lowest BCUT2D eigenvalue weighted by Gasteiger charge is -2.13. The van der Waals surface area contributed by atoms with Crippen LogP contribution in [-0.2, 0) is 13.0 Å². The molecule has 23 heavy (non-hydrogen) atoms. The van der Waals surface area contributed by atoms with Crippen molar-refractivity contribution in [1.29, 1.82) is 0 Å². The van der Waals surface area contributed by atoms with E-state index in [-0.39, 0.29) is 13.1 Å². The Balaban J connectivity index is 1.84. The van der Waals surface area contributed by atoms with Gasteiger partial charge in [0, 0.05) is 19.2 Å². The van der Waals surface area contributed by atoms with Crippen molar-refractivity contribution in [2.24, 2.45) is 0 Å². The molecule has 0 aliphatic heterocycles. The van der Waals surface area contributed by atoms with Crippen LogP contribution in [0.2, 0.25) is 0 Å². The zero-order valence-electron chi connectivity index (χ0n) is 12.7. The van der Waals surface area contributed by atoms with E-state index in [0.717, 1.165) is 11.1 Å². The van der Waals surface area contributed by atoms with Crippen molar-refractivity contribution in [2.45, 2.75) is 32.2 Å². The summed E-state index contributed by atoms with van der Waals surface area (Å²) in [5.74, 6) is 0. The summed E-state index contributed by atoms with van der Waals surface area (Å²) in [4.78, 5) is 0. The number of benzene rings is 1. The minimum atomic E-state index is -4.21. The fourth-order valence-electron chi connectivity index (χ4n) is 2.23. The fraction of sp³-hybridized carbons (Fsp3) is 0.467. The molecular weight excluding hydrogens is 309 g/mol. The Morgan fingerprint density at radius 3 is 2.74 bits per heavy atom. The molecule has 2 rings (SSSR count). The van der Waals surface area contributed by atoms with Crippen LogP contribution in [0.25, 0.3) is 0 Å². The van der Waals surface area contributed by atoms with Gasteiger partial charge in [-0.3, -0.25) is 0 Å². The number of alkyl halides is 3. The van der Waals surface area contributed by atoms with Gasteiger partial charge >= 0.3 is 6.18 Å². The molecular formula is C15H19F3N4O. The number of hydrogen-bond donors (Lipinski definition) is 2. The van der Waals surface area contributed by atoms with Crippen LogP contribution < -0.4 is 5.32 Å². The number of aliphatic hydroxyl groups excluding tert-OH is 1. The Labute approximate surface area is 132 Å². The minimum Gasteiger partial charge on any atom is -0.386 e. The van der Waals surface area contributed by atoms with Crippen molar-refractivity contribution in [3.63, 3.8) is 0 Å². The van der Waals surface area contributed by atoms with E-state index in [1.54, 1.807) is 6.20 Å². The predicted octanol–water partition coefficient (Wildman–Crippen LogP) is 2.01. The van der Waals surface area contributed by atoms with E-state index < -0.39 is 18.8 Å². The second-order valence-corrected chi connectivity index (χ2v) is 5.35. The predicted molar refractivity (Wildman–Crippen MR) is 78.8 cm³/mol. The highest BCUT2D eigenvalue weighted by Crippen LogP contribution is 2.18. The van der Waals surface area contributed by atoms with Gasteiger partial charge in [0.25, 0.3) is 0 Å². The first-order valence-corrected chi connectivity index (χ1v) is 7.25. The molecule has 1 atom stereocenters. The first-order valence-electron chi connectivity index (χ1n) is 7.25. The van der Waals surface area contributed by atoms with Crippen LogP contribution in [-0.4, -0.2) is 39.4 Å². The van der Waals surface area contributed by atoms with E-state index in [2.05, 4.69) is 15.6 Å². The topological polar surface area (TPSA) is 63.0 Å². The highest BCUT2D eigenvalue weighted by Gasteiger charge is 2.25. The highest BCUT2D eigenvalue weighted by molar-refractivity contribution is 5.27. The zero-order chi connectivity index (χ0) is 16.9. The molecule has 2 N–H and O–H groups in total. The van der Waals surface area contributed by atoms with E-state index in [4.69, 9.17) is 0 Å². The molecule has 5 nitrogen and oxygen atoms in total. The van der Waals surface area contributed by atoms with Gasteiger partial charge in [-0.15, -0.1) is 5.10 Å². The summed E-state index contributed by atoms with van der Waals surface area (Å²) in [7, 11) is 0. The summed E-state index contributed by atoms with van der Waals surface area (Å²) in [6.45, 7) is 1.30. The van der Waals surface area contributed by atoms with Crippen LogP contribution in [0.15, 0.2) is 30.5 Å². The van der Waals surface area contributed by atoms with Crippen molar-refractivity contribution in [3.8, 4) is 0 Å². The molecule has 0 bridgehead atoms. The molecule has 1 aromatic heterocycles. The maximum atomic E-state index is 12.0. The monoisotopic (exact) mass is 328 g/mol. The van der Waals surface area contributed by atoms with Crippen molar-refractivity contribution >= 4 is 0 Å². The van der Waals surface area contributed by atoms with Crippen LogP contribution in [0.5, 0.6) is 0 Å². The van der Waals surface area contributed by atoms with Gasteiger partial charge in [-0.1, -0.05) is 29.5 Å². The van der Waals surface area contributed by atoms with Gasteiger partial charge in [0.15, 0.2) is 0 Å². The molecule has 126 valence electrons. The number of halogens is 3. The lowest BCUT2D eigenvalue weighted by molar-refractivity contribution is -0.124. The molecule has 0 saturated heterocycles. The molecule has 0 amide bonds. The van der Waals surface area contributed by atoms with Crippen LogP contribution in [0.3, 0.4) is 0 Å². The van der Waals surface area contributed by atoms with Crippen molar-refractivity contribution in [2.75, 3.05) is 13.1 Å². The molecule has 0 aliphatic rings. The van der Waals surface area contributed by atoms with Crippen molar-refractivity contribution in [3.05, 3.63) is 47.3 Å². The number of aromatic nitrogens is 3. The normalized spacial score (nSPS) is 13.3. The Morgan fingerprint density at radius 2 is 2.04 bits per heavy atom. The number of aryl methyl sites for hydroxylation is 1. The lowest BCUT2D eigenvalue weighted by Crippen LogP contribution is -2.30. The maximum Gasteiger partial charge on any atom is 0.401 e. The van der Waals surface area contributed by atoms with Gasteiger partial charge in [-0.25, -0.2) is 4.68 Å². The van der Waals surface area contributed by atoms with E-state index in [0.29, 0.717) is 12.1 Å². The second-order valence-electron chi connectivity index (χ2n) is 5.35. The molecule has 0 aliphatic carbocycles. The largest absolute Gasteiger partial charge is 0.401 e. The first-order chi connectivity index (χ1) is 10.8. The first kappa shape index (κ1) is 17.4. The van der Waals surface area contributed by atoms with Gasteiger partial charge in [0.1, 0.15) is 0 Å². The quantitative estimate of drug-likeness (QED) is 0.763. The average molecular weight is 328 g/mol. The summed E-state index contributed by atoms with van der Waals surface area (Å²) in [6, 6.07) is 7.51. The standard InChI is InChI=1S/C15H19F3N4O/c1-11-4-2-3-5-13(11)14(23)9-22-8-12(20-21-22)6-7-19-10-15(16,17)18/h2-5,8,14,19,23H,6-7,9-10H2,1H3. The highest BCUT2D eigenvalue weighted by atomic mass is 19.4. The Hall–Kier alpha value is -1.93.